The second-order valence-electron chi connectivity index (χ2n) is 6.45. The first kappa shape index (κ1) is 19.6. The number of ether oxygens (including phenoxy) is 2. The predicted molar refractivity (Wildman–Crippen MR) is 99.9 cm³/mol. The van der Waals surface area contributed by atoms with E-state index in [2.05, 4.69) is 13.8 Å². The topological polar surface area (TPSA) is 55.8 Å². The van der Waals surface area contributed by atoms with Crippen molar-refractivity contribution in [1.29, 1.82) is 0 Å². The maximum absolute atomic E-state index is 13.1. The van der Waals surface area contributed by atoms with Crippen LogP contribution >= 0.6 is 11.8 Å². The number of methoxy groups -OCH3 is 1. The Kier molecular flexibility index (Phi) is 7.17. The van der Waals surface area contributed by atoms with E-state index in [9.17, 15) is 9.59 Å². The van der Waals surface area contributed by atoms with Crippen molar-refractivity contribution in [3.05, 3.63) is 29.8 Å². The third-order valence-corrected chi connectivity index (χ3v) is 5.81. The van der Waals surface area contributed by atoms with Gasteiger partial charge in [0, 0.05) is 11.3 Å². The molecule has 2 rings (SSSR count). The van der Waals surface area contributed by atoms with Crippen LogP contribution < -0.4 is 4.74 Å². The molecule has 1 aliphatic heterocycles. The maximum Gasteiger partial charge on any atom is 0.329 e. The molecular formula is C19H27NO4S. The van der Waals surface area contributed by atoms with E-state index in [1.165, 1.54) is 0 Å². The van der Waals surface area contributed by atoms with Crippen molar-refractivity contribution in [2.24, 2.45) is 5.92 Å². The van der Waals surface area contributed by atoms with Crippen molar-refractivity contribution in [2.45, 2.75) is 45.0 Å². The largest absolute Gasteiger partial charge is 0.497 e. The van der Waals surface area contributed by atoms with E-state index in [4.69, 9.17) is 9.47 Å². The molecule has 1 heterocycles. The van der Waals surface area contributed by atoms with E-state index in [1.807, 2.05) is 6.92 Å². The third-order valence-electron chi connectivity index (χ3n) is 4.19. The Morgan fingerprint density at radius 3 is 2.52 bits per heavy atom. The molecule has 0 radical (unpaired) electrons. The van der Waals surface area contributed by atoms with Crippen molar-refractivity contribution in [1.82, 2.24) is 4.90 Å². The van der Waals surface area contributed by atoms with Gasteiger partial charge in [0.2, 0.25) is 0 Å². The van der Waals surface area contributed by atoms with Crippen LogP contribution in [0.5, 0.6) is 5.75 Å². The number of rotatable bonds is 7. The van der Waals surface area contributed by atoms with E-state index < -0.39 is 6.04 Å². The zero-order valence-electron chi connectivity index (χ0n) is 15.4. The summed E-state index contributed by atoms with van der Waals surface area (Å²) in [7, 11) is 1.59. The maximum atomic E-state index is 13.1. The van der Waals surface area contributed by atoms with Crippen molar-refractivity contribution in [2.75, 3.05) is 19.5 Å². The van der Waals surface area contributed by atoms with Gasteiger partial charge in [0.1, 0.15) is 11.8 Å². The van der Waals surface area contributed by atoms with Crippen molar-refractivity contribution in [3.8, 4) is 5.75 Å². The summed E-state index contributed by atoms with van der Waals surface area (Å²) in [6.45, 7) is 6.59. The van der Waals surface area contributed by atoms with E-state index in [0.29, 0.717) is 23.7 Å². The lowest BCUT2D eigenvalue weighted by molar-refractivity contribution is -0.148. The number of amides is 1. The van der Waals surface area contributed by atoms with Crippen LogP contribution in [0.3, 0.4) is 0 Å². The monoisotopic (exact) mass is 365 g/mol. The van der Waals surface area contributed by atoms with Crippen LogP contribution in [0, 0.1) is 5.92 Å². The lowest BCUT2D eigenvalue weighted by atomic mass is 10.1. The zero-order chi connectivity index (χ0) is 18.4. The molecule has 5 nitrogen and oxygen atoms in total. The molecule has 2 atom stereocenters. The Morgan fingerprint density at radius 2 is 1.96 bits per heavy atom. The van der Waals surface area contributed by atoms with Gasteiger partial charge in [-0.3, -0.25) is 4.79 Å². The summed E-state index contributed by atoms with van der Waals surface area (Å²) in [5.41, 5.74) is 0.556. The van der Waals surface area contributed by atoms with Gasteiger partial charge in [-0.15, -0.1) is 11.8 Å². The number of hydrogen-bond donors (Lipinski definition) is 0. The molecule has 0 N–H and O–H groups in total. The SMILES string of the molecule is CCCCOC(=O)[C@@H]1CS[C@@H](C(C)C)N1C(=O)c1ccc(OC)cc1. The Labute approximate surface area is 154 Å². The van der Waals surface area contributed by atoms with E-state index in [-0.39, 0.29) is 23.2 Å². The van der Waals surface area contributed by atoms with Gasteiger partial charge in [-0.2, -0.15) is 0 Å². The van der Waals surface area contributed by atoms with Crippen molar-refractivity contribution < 1.29 is 19.1 Å². The number of hydrogen-bond acceptors (Lipinski definition) is 5. The highest BCUT2D eigenvalue weighted by Crippen LogP contribution is 2.35. The second-order valence-corrected chi connectivity index (χ2v) is 7.60. The summed E-state index contributed by atoms with van der Waals surface area (Å²) >= 11 is 1.64. The fraction of sp³-hybridized carbons (Fsp3) is 0.579. The number of thioether (sulfide) groups is 1. The number of carbonyl (C=O) groups excluding carboxylic acids is 2. The average Bonchev–Trinajstić information content (AvgIpc) is 3.06. The van der Waals surface area contributed by atoms with Crippen LogP contribution in [-0.2, 0) is 9.53 Å². The first-order chi connectivity index (χ1) is 12.0. The molecule has 25 heavy (non-hydrogen) atoms. The van der Waals surface area contributed by atoms with Gasteiger partial charge >= 0.3 is 5.97 Å². The number of benzene rings is 1. The van der Waals surface area contributed by atoms with Gasteiger partial charge in [0.25, 0.3) is 5.91 Å². The van der Waals surface area contributed by atoms with Gasteiger partial charge in [0.15, 0.2) is 0 Å². The van der Waals surface area contributed by atoms with Crippen LogP contribution in [0.2, 0.25) is 0 Å². The smallest absolute Gasteiger partial charge is 0.329 e. The molecule has 1 aromatic carbocycles. The van der Waals surface area contributed by atoms with Crippen LogP contribution in [0.15, 0.2) is 24.3 Å². The minimum Gasteiger partial charge on any atom is -0.497 e. The summed E-state index contributed by atoms with van der Waals surface area (Å²) in [4.78, 5) is 27.3. The summed E-state index contributed by atoms with van der Waals surface area (Å²) in [5, 5.41) is -0.0293. The highest BCUT2D eigenvalue weighted by molar-refractivity contribution is 8.00. The number of nitrogens with zero attached hydrogens (tertiary/aromatic N) is 1. The van der Waals surface area contributed by atoms with Crippen LogP contribution in [0.25, 0.3) is 0 Å². The minimum atomic E-state index is -0.524. The average molecular weight is 365 g/mol. The molecule has 1 saturated heterocycles. The second kappa shape index (κ2) is 9.13. The molecular weight excluding hydrogens is 338 g/mol. The summed E-state index contributed by atoms with van der Waals surface area (Å²) in [6, 6.07) is 6.47. The molecule has 0 aliphatic carbocycles. The van der Waals surface area contributed by atoms with Crippen molar-refractivity contribution >= 4 is 23.6 Å². The summed E-state index contributed by atoms with van der Waals surface area (Å²) in [5.74, 6) is 1.09. The molecule has 0 spiro atoms. The number of esters is 1. The molecule has 0 saturated carbocycles. The van der Waals surface area contributed by atoms with Gasteiger partial charge in [-0.05, 0) is 36.6 Å². The lowest BCUT2D eigenvalue weighted by Gasteiger charge is -2.30. The molecule has 6 heteroatoms. The van der Waals surface area contributed by atoms with E-state index in [0.717, 1.165) is 12.8 Å². The fourth-order valence-electron chi connectivity index (χ4n) is 2.78. The first-order valence-electron chi connectivity index (χ1n) is 8.74. The summed E-state index contributed by atoms with van der Waals surface area (Å²) in [6.07, 6.45) is 1.81. The Morgan fingerprint density at radius 1 is 1.28 bits per heavy atom. The highest BCUT2D eigenvalue weighted by Gasteiger charge is 2.43. The van der Waals surface area contributed by atoms with E-state index >= 15 is 0 Å². The summed E-state index contributed by atoms with van der Waals surface area (Å²) < 4.78 is 10.5. The molecule has 138 valence electrons. The lowest BCUT2D eigenvalue weighted by Crippen LogP contribution is -2.47. The Bertz CT molecular complexity index is 588. The molecule has 0 unspecified atom stereocenters. The molecule has 0 aromatic heterocycles. The predicted octanol–water partition coefficient (Wildman–Crippen LogP) is 3.58. The van der Waals surface area contributed by atoms with Crippen LogP contribution in [0.1, 0.15) is 44.0 Å². The first-order valence-corrected chi connectivity index (χ1v) is 9.79. The quantitative estimate of drug-likeness (QED) is 0.546. The number of unbranched alkanes of at least 4 members (excludes halogenated alkanes) is 1. The fourth-order valence-corrected chi connectivity index (χ4v) is 4.24. The van der Waals surface area contributed by atoms with Crippen LogP contribution in [-0.4, -0.2) is 47.7 Å². The highest BCUT2D eigenvalue weighted by atomic mass is 32.2. The molecule has 1 amide bonds. The molecule has 1 aromatic rings. The minimum absolute atomic E-state index is 0.0293. The Hall–Kier alpha value is -1.69. The third kappa shape index (κ3) is 4.69. The zero-order valence-corrected chi connectivity index (χ0v) is 16.2. The van der Waals surface area contributed by atoms with Crippen molar-refractivity contribution in [3.63, 3.8) is 0 Å². The van der Waals surface area contributed by atoms with E-state index in [1.54, 1.807) is 48.0 Å². The van der Waals surface area contributed by atoms with Crippen LogP contribution in [0.4, 0.5) is 0 Å². The van der Waals surface area contributed by atoms with Gasteiger partial charge < -0.3 is 14.4 Å². The molecule has 1 fully saturated rings. The van der Waals surface area contributed by atoms with Gasteiger partial charge in [-0.25, -0.2) is 4.79 Å². The van der Waals surface area contributed by atoms with Gasteiger partial charge in [0.05, 0.1) is 19.1 Å². The van der Waals surface area contributed by atoms with Gasteiger partial charge in [-0.1, -0.05) is 27.2 Å². The molecule has 0 bridgehead atoms. The number of carbonyl (C=O) groups is 2. The Balaban J connectivity index is 2.19. The standard InChI is InChI=1S/C19H27NO4S/c1-5-6-11-24-19(22)16-12-25-18(13(2)3)20(16)17(21)14-7-9-15(23-4)10-8-14/h7-10,13,16,18H,5-6,11-12H2,1-4H3/t16-,18-/m0/s1. The normalized spacial score (nSPS) is 20.0. The molecule has 1 aliphatic rings.